The van der Waals surface area contributed by atoms with Gasteiger partial charge in [-0.05, 0) is 174 Å². The molecule has 0 saturated heterocycles. The van der Waals surface area contributed by atoms with E-state index in [-0.39, 0.29) is 126 Å². The molecule has 1 aromatic heterocycles. The number of carbonyl (C=O) groups excluding carboxylic acids is 1. The number of rotatable bonds is 9. The average Bonchev–Trinajstić information content (AvgIpc) is 1.61. The first-order valence-corrected chi connectivity index (χ1v) is 41.7. The first kappa shape index (κ1) is 105. The second-order valence-corrected chi connectivity index (χ2v) is 32.1. The molecule has 4 unspecified atom stereocenters. The monoisotopic (exact) mass is 2130 g/mol. The number of benzene rings is 8. The number of nitrogens with two attached hydrogens (primary N) is 4. The number of aliphatic hydroxyl groups excluding tert-OH is 1. The van der Waals surface area contributed by atoms with Crippen molar-refractivity contribution in [3.63, 3.8) is 0 Å². The molecule has 2 aliphatic heterocycles. The Bertz CT molecular complexity index is 4770. The summed E-state index contributed by atoms with van der Waals surface area (Å²) in [7, 11) is 4.34. The van der Waals surface area contributed by atoms with E-state index in [0.29, 0.717) is 91.1 Å². The molecule has 6 aliphatic rings. The van der Waals surface area contributed by atoms with Gasteiger partial charge in [0.1, 0.15) is 76.0 Å². The summed E-state index contributed by atoms with van der Waals surface area (Å²) in [6.45, 7) is 9.26. The van der Waals surface area contributed by atoms with Crippen molar-refractivity contribution >= 4 is 180 Å². The fourth-order valence-electron chi connectivity index (χ4n) is 13.0. The Morgan fingerprint density at radius 2 is 0.957 bits per heavy atom. The van der Waals surface area contributed by atoms with Crippen molar-refractivity contribution in [1.29, 1.82) is 5.26 Å². The summed E-state index contributed by atoms with van der Waals surface area (Å²) in [5, 5.41) is 17.6. The minimum atomic E-state index is -1.14. The summed E-state index contributed by atoms with van der Waals surface area (Å²) in [6.07, 6.45) is 8.73. The number of alkyl halides is 2. The molecule has 3 heterocycles. The maximum Gasteiger partial charge on any atom is 1.00 e. The Labute approximate surface area is 774 Å². The second-order valence-electron chi connectivity index (χ2n) is 26.2. The van der Waals surface area contributed by atoms with E-state index in [1.807, 2.05) is 43.3 Å². The smallest absolute Gasteiger partial charge is 1.00 e. The number of thiol groups is 1. The van der Waals surface area contributed by atoms with Crippen LogP contribution in [0.25, 0.3) is 11.1 Å². The van der Waals surface area contributed by atoms with E-state index < -0.39 is 22.6 Å². The number of aliphatic imine (C=N–C) groups is 3. The van der Waals surface area contributed by atoms with Crippen molar-refractivity contribution in [1.82, 2.24) is 9.97 Å². The van der Waals surface area contributed by atoms with Crippen LogP contribution in [-0.4, -0.2) is 110 Å². The van der Waals surface area contributed by atoms with Gasteiger partial charge in [-0.25, -0.2) is 46.3 Å². The van der Waals surface area contributed by atoms with Gasteiger partial charge in [0.2, 0.25) is 0 Å². The van der Waals surface area contributed by atoms with Crippen LogP contribution in [0.1, 0.15) is 108 Å². The van der Waals surface area contributed by atoms with Gasteiger partial charge in [0.25, 0.3) is 12.0 Å². The van der Waals surface area contributed by atoms with Crippen molar-refractivity contribution in [3.05, 3.63) is 287 Å². The first-order valence-electron chi connectivity index (χ1n) is 34.3. The van der Waals surface area contributed by atoms with Crippen molar-refractivity contribution in [3.8, 4) is 16.1 Å². The standard InChI is InChI=1S/C15H13FN4O.C15H15N.C12H13BrFNO2.C11H10BrFN2O.C10H11BrFNO.C8H6Br3F.C8H8BrF.CBrN.2CH4.BHNS.B.Na.H/c16-13-2-1-10(9-5-18-8-19-6-9)11-3-15(4-12(11)13)7-21-14(17)20-15;1-2-16-15(13-9-5-3-6-10-13)14-11-7-4-8-12-14;1-2-17-11(16)12(15)5-7-8(6-12)10(14)4-3-9(7)13;12-8-1-2-9(13)7-4-11(3-6(7)8)5-16-10(14)15-11;11-8-1-2-9(12)7-4-10(13,5-14)3-6(7)8;9-3-5-6(4-10)8(12)2-1-7(5)11;1-5-6(2)8(10)4-3-7(5)9;2-1-3;;;1-2-3;;;/h1-2,5-6,8H,3-4,7H2,(H2,17,20);3-12H,2H2,1H3;3-4H,2,5-6,15H2,1H3;1-2H,3-5H2,(H2,14,15);1-2,14H,3-5,13H2;1-2H,3-4H2;3-4H,1-2H3;;2*1H4;3H;;;/q;;;;;;;;;;;;+1;-1. The molecule has 0 bridgehead atoms. The molecule has 4 radical (unpaired) electrons. The molecular weight excluding hydrogens is 2050 g/mol. The zero-order chi connectivity index (χ0) is 82.3. The summed E-state index contributed by atoms with van der Waals surface area (Å²) in [5.74, 6) is -1.70. The maximum atomic E-state index is 14.2. The fraction of sp³-hybridized carbons (Fsp3) is 0.305. The Morgan fingerprint density at radius 3 is 1.35 bits per heavy atom. The van der Waals surface area contributed by atoms with E-state index in [2.05, 4.69) is 208 Å². The van der Waals surface area contributed by atoms with E-state index in [1.165, 1.54) is 53.9 Å². The molecule has 0 fully saturated rings. The van der Waals surface area contributed by atoms with Crippen molar-refractivity contribution in [2.24, 2.45) is 42.2 Å². The van der Waals surface area contributed by atoms with Gasteiger partial charge in [0, 0.05) is 143 Å². The van der Waals surface area contributed by atoms with E-state index in [4.69, 9.17) is 47.5 Å². The first-order chi connectivity index (χ1) is 53.4. The minimum Gasteiger partial charge on any atom is -1.00 e. The summed E-state index contributed by atoms with van der Waals surface area (Å²) in [6, 6.07) is 40.0. The SMILES string of the molecule is C.C.CCN=C(c1ccccc1)c1ccccc1.CCOC(=O)C1(N)Cc2c(F)ccc(Br)c2C1.Cc1c(F)ccc(Br)c1C.Fc1ccc(Br)c(CBr)c1CBr.N#CBr.NC1(CO)Cc2c(F)ccc(Br)c2C1.NC1=NC2(CO1)Cc1c(F)ccc(-c3cncnc3)c1C2.NC1=NC2(CO1)Cc1c(F)ccc(Br)c1C2.[B].[B]=NS.[H-].[Na+]. The van der Waals surface area contributed by atoms with Gasteiger partial charge in [-0.1, -0.05) is 193 Å². The van der Waals surface area contributed by atoms with Gasteiger partial charge in [-0.2, -0.15) is 5.26 Å². The Morgan fingerprint density at radius 1 is 0.586 bits per heavy atom. The Balaban J connectivity index is 0.000000458. The van der Waals surface area contributed by atoms with Crippen LogP contribution in [0.5, 0.6) is 0 Å². The molecule has 116 heavy (non-hydrogen) atoms. The van der Waals surface area contributed by atoms with E-state index in [1.54, 1.807) is 67.6 Å². The number of hydrogen-bond acceptors (Lipinski definition) is 17. The molecule has 0 amide bonds. The summed E-state index contributed by atoms with van der Waals surface area (Å²) in [5.41, 5.74) is 35.2. The molecule has 2 spiro atoms. The number of aromatic nitrogens is 2. The molecule has 34 heteroatoms. The number of amidine groups is 2. The van der Waals surface area contributed by atoms with Gasteiger partial charge in [-0.15, -0.1) is 0 Å². The number of aliphatic hydroxyl groups is 1. The molecule has 0 saturated carbocycles. The predicted molar refractivity (Wildman–Crippen MR) is 482 cm³/mol. The normalized spacial score (nSPS) is 17.6. The Hall–Kier alpha value is -5.41. The van der Waals surface area contributed by atoms with Crippen LogP contribution in [0, 0.1) is 59.0 Å². The maximum absolute atomic E-state index is 14.2. The van der Waals surface area contributed by atoms with Gasteiger partial charge in [-0.3, -0.25) is 9.79 Å². The van der Waals surface area contributed by atoms with Crippen LogP contribution in [0.15, 0.2) is 194 Å². The third-order valence-corrected chi connectivity index (χ3v) is 23.5. The average molecular weight is 2140 g/mol. The van der Waals surface area contributed by atoms with Gasteiger partial charge >= 0.3 is 60.3 Å². The van der Waals surface area contributed by atoms with E-state index >= 15 is 0 Å². The quantitative estimate of drug-likeness (QED) is 0.0197. The molecule has 9 aromatic rings. The molecule has 610 valence electrons. The molecule has 9 N–H and O–H groups in total. The largest absolute Gasteiger partial charge is 1.00 e. The summed E-state index contributed by atoms with van der Waals surface area (Å²) >= 11 is 29.0. The number of fused-ring (bicyclic) bond motifs is 4. The van der Waals surface area contributed by atoms with Crippen LogP contribution in [0.4, 0.5) is 26.3 Å². The topological polar surface area (TPSA) is 268 Å². The third-order valence-electron chi connectivity index (χ3n) is 18.6. The summed E-state index contributed by atoms with van der Waals surface area (Å²) in [4.78, 5) is 34.7. The zero-order valence-electron chi connectivity index (χ0n) is 63.5. The third kappa shape index (κ3) is 27.6. The molecular formula is C82H86B2Br8F6N11NaO5S. The van der Waals surface area contributed by atoms with Crippen molar-refractivity contribution < 1.29 is 81.4 Å². The van der Waals surface area contributed by atoms with Crippen LogP contribution >= 0.6 is 140 Å². The number of nitrogens with zero attached hydrogens (tertiary/aromatic N) is 7. The van der Waals surface area contributed by atoms with Gasteiger partial charge < -0.3 is 43.7 Å². The number of ether oxygens (including phenoxy) is 3. The number of nitriles is 1. The van der Waals surface area contributed by atoms with Crippen LogP contribution in [0.2, 0.25) is 0 Å². The van der Waals surface area contributed by atoms with Gasteiger partial charge in [0.15, 0.2) is 0 Å². The fourth-order valence-corrected chi connectivity index (χ4v) is 17.1. The van der Waals surface area contributed by atoms with Crippen molar-refractivity contribution in [2.75, 3.05) is 33.0 Å². The van der Waals surface area contributed by atoms with Crippen molar-refractivity contribution in [2.45, 2.75) is 127 Å². The van der Waals surface area contributed by atoms with Crippen LogP contribution < -0.4 is 52.5 Å². The molecule has 15 rings (SSSR count). The molecule has 8 aromatic carbocycles. The number of halogens is 14. The van der Waals surface area contributed by atoms with Crippen LogP contribution in [-0.2, 0) is 81.0 Å². The number of carbonyl (C=O) groups is 1. The zero-order valence-corrected chi connectivity index (χ0v) is 78.0. The second kappa shape index (κ2) is 49.5. The van der Waals surface area contributed by atoms with E-state index in [9.17, 15) is 31.1 Å². The van der Waals surface area contributed by atoms with Gasteiger partial charge in [0.05, 0.1) is 18.9 Å². The number of esters is 1. The molecule has 4 atom stereocenters. The molecule has 16 nitrogen and oxygen atoms in total. The minimum absolute atomic E-state index is 0. The van der Waals surface area contributed by atoms with Crippen LogP contribution in [0.3, 0.4) is 0 Å². The molecule has 4 aliphatic carbocycles. The van der Waals surface area contributed by atoms with E-state index in [0.717, 1.165) is 90.3 Å². The Kier molecular flexibility index (Phi) is 44.7. The predicted octanol–water partition coefficient (Wildman–Crippen LogP) is 16.7. The summed E-state index contributed by atoms with van der Waals surface area (Å²) < 4.78 is 103. The number of hydrogen-bond donors (Lipinski definition) is 6.